The smallest absolute Gasteiger partial charge is 0.220 e. The molecule has 0 saturated carbocycles. The summed E-state index contributed by atoms with van der Waals surface area (Å²) >= 11 is 0. The highest BCUT2D eigenvalue weighted by Crippen LogP contribution is 2.30. The van der Waals surface area contributed by atoms with Crippen molar-refractivity contribution < 1.29 is 64.6 Å². The number of rotatable bonds is 43. The quantitative estimate of drug-likeness (QED) is 0.0207. The number of carbonyl (C=O) groups is 1. The maximum atomic E-state index is 13.2. The molecule has 12 unspecified atom stereocenters. The molecule has 0 spiro atoms. The van der Waals surface area contributed by atoms with Gasteiger partial charge in [-0.2, -0.15) is 0 Å². The Kier molecular flexibility index (Phi) is 38.2. The number of hydrogen-bond acceptors (Lipinski definition) is 13. The van der Waals surface area contributed by atoms with Crippen molar-refractivity contribution in [3.63, 3.8) is 0 Å². The second-order valence-corrected chi connectivity index (χ2v) is 19.7. The van der Waals surface area contributed by atoms with Gasteiger partial charge in [0, 0.05) is 6.42 Å². The molecule has 2 aliphatic rings. The summed E-state index contributed by atoms with van der Waals surface area (Å²) in [5.74, 6) is -0.258. The van der Waals surface area contributed by atoms with Crippen LogP contribution in [0, 0.1) is 0 Å². The van der Waals surface area contributed by atoms with Crippen molar-refractivity contribution in [2.24, 2.45) is 0 Å². The molecule has 2 saturated heterocycles. The van der Waals surface area contributed by atoms with E-state index >= 15 is 0 Å². The summed E-state index contributed by atoms with van der Waals surface area (Å²) in [7, 11) is 0. The Balaban J connectivity index is 1.82. The lowest BCUT2D eigenvalue weighted by molar-refractivity contribution is -0.359. The summed E-state index contributed by atoms with van der Waals surface area (Å²) < 4.78 is 22.7. The van der Waals surface area contributed by atoms with Crippen LogP contribution in [0.2, 0.25) is 0 Å². The first-order valence-electron chi connectivity index (χ1n) is 27.7. The number of aliphatic hydroxyl groups is 8. The van der Waals surface area contributed by atoms with Crippen LogP contribution in [-0.2, 0) is 23.7 Å². The second kappa shape index (κ2) is 41.7. The molecule has 14 heteroatoms. The predicted octanol–water partition coefficient (Wildman–Crippen LogP) is 8.27. The van der Waals surface area contributed by atoms with Crippen molar-refractivity contribution in [2.75, 3.05) is 19.8 Å². The van der Waals surface area contributed by atoms with Crippen molar-refractivity contribution in [3.8, 4) is 0 Å². The highest BCUT2D eigenvalue weighted by Gasteiger charge is 2.51. The number of amides is 1. The van der Waals surface area contributed by atoms with Gasteiger partial charge < -0.3 is 65.1 Å². The molecule has 2 aliphatic heterocycles. The number of hydrogen-bond donors (Lipinski definition) is 9. The molecule has 0 aromatic heterocycles. The third-order valence-corrected chi connectivity index (χ3v) is 13.5. The monoisotopic (exact) mass is 984 g/mol. The average Bonchev–Trinajstić information content (AvgIpc) is 3.35. The van der Waals surface area contributed by atoms with Gasteiger partial charge in [0.1, 0.15) is 48.8 Å². The van der Waals surface area contributed by atoms with Gasteiger partial charge in [0.05, 0.1) is 32.0 Å². The van der Waals surface area contributed by atoms with Crippen molar-refractivity contribution in [1.82, 2.24) is 5.32 Å². The number of aliphatic hydroxyl groups excluding tert-OH is 8. The molecule has 12 atom stereocenters. The van der Waals surface area contributed by atoms with E-state index in [4.69, 9.17) is 18.9 Å². The van der Waals surface area contributed by atoms with E-state index in [0.717, 1.165) is 51.4 Å². The van der Waals surface area contributed by atoms with Gasteiger partial charge in [-0.15, -0.1) is 0 Å². The number of nitrogens with one attached hydrogen (secondary N) is 1. The molecule has 0 bridgehead atoms. The fourth-order valence-electron chi connectivity index (χ4n) is 9.01. The molecule has 14 nitrogen and oxygen atoms in total. The first-order chi connectivity index (χ1) is 33.6. The van der Waals surface area contributed by atoms with E-state index in [1.165, 1.54) is 128 Å². The van der Waals surface area contributed by atoms with Crippen LogP contribution in [0.3, 0.4) is 0 Å². The van der Waals surface area contributed by atoms with Crippen LogP contribution in [0.1, 0.15) is 213 Å². The first-order valence-corrected chi connectivity index (χ1v) is 27.7. The summed E-state index contributed by atoms with van der Waals surface area (Å²) in [6.07, 6.45) is 31.9. The normalized spacial score (nSPS) is 26.4. The third-order valence-electron chi connectivity index (χ3n) is 13.5. The van der Waals surface area contributed by atoms with E-state index in [2.05, 4.69) is 43.5 Å². The van der Waals surface area contributed by atoms with Gasteiger partial charge in [0.2, 0.25) is 5.91 Å². The Hall–Kier alpha value is -1.79. The van der Waals surface area contributed by atoms with E-state index in [0.29, 0.717) is 12.8 Å². The average molecular weight is 984 g/mol. The molecule has 0 radical (unpaired) electrons. The molecule has 0 aromatic rings. The standard InChI is InChI=1S/C55H101NO13/c1-3-5-7-9-11-13-15-17-19-20-21-22-23-24-25-26-28-30-32-34-36-38-44(59)43(56-47(60)39-37-35-33-31-29-27-18-16-14-12-10-8-6-4-2)42-66-54-52(65)50(63)53(46(41-58)68-54)69-55-51(64)49(62)48(61)45(40-57)67-55/h16,18,28,30,36,38,43-46,48-55,57-59,61-65H,3-15,17,19-27,29,31-35,37,39-42H2,1-2H3,(H,56,60)/b18-16-,30-28+,38-36+. The van der Waals surface area contributed by atoms with Crippen LogP contribution >= 0.6 is 0 Å². The number of carbonyl (C=O) groups excluding carboxylic acids is 1. The summed E-state index contributed by atoms with van der Waals surface area (Å²) in [6.45, 7) is 2.76. The van der Waals surface area contributed by atoms with Crippen molar-refractivity contribution in [3.05, 3.63) is 36.5 Å². The zero-order chi connectivity index (χ0) is 50.3. The third kappa shape index (κ3) is 28.3. The molecule has 9 N–H and O–H groups in total. The molecular formula is C55H101NO13. The second-order valence-electron chi connectivity index (χ2n) is 19.7. The summed E-state index contributed by atoms with van der Waals surface area (Å²) in [4.78, 5) is 13.2. The summed E-state index contributed by atoms with van der Waals surface area (Å²) in [5.41, 5.74) is 0. The van der Waals surface area contributed by atoms with Crippen LogP contribution < -0.4 is 5.32 Å². The summed E-state index contributed by atoms with van der Waals surface area (Å²) in [6, 6.07) is -0.934. The Morgan fingerprint density at radius 2 is 0.928 bits per heavy atom. The largest absolute Gasteiger partial charge is 0.394 e. The van der Waals surface area contributed by atoms with E-state index in [9.17, 15) is 45.6 Å². The van der Waals surface area contributed by atoms with Gasteiger partial charge in [-0.1, -0.05) is 185 Å². The van der Waals surface area contributed by atoms with E-state index < -0.39 is 86.8 Å². The van der Waals surface area contributed by atoms with Crippen LogP contribution in [0.15, 0.2) is 36.5 Å². The lowest BCUT2D eigenvalue weighted by atomic mass is 9.97. The van der Waals surface area contributed by atoms with Crippen LogP contribution in [-0.4, -0.2) is 140 Å². The zero-order valence-corrected chi connectivity index (χ0v) is 43.1. The fourth-order valence-corrected chi connectivity index (χ4v) is 9.01. The molecule has 2 fully saturated rings. The first kappa shape index (κ1) is 63.3. The van der Waals surface area contributed by atoms with Gasteiger partial charge in [0.25, 0.3) is 0 Å². The van der Waals surface area contributed by atoms with Crippen molar-refractivity contribution in [2.45, 2.75) is 286 Å². The molecule has 69 heavy (non-hydrogen) atoms. The van der Waals surface area contributed by atoms with Crippen LogP contribution in [0.5, 0.6) is 0 Å². The molecule has 404 valence electrons. The highest BCUT2D eigenvalue weighted by molar-refractivity contribution is 5.76. The Morgan fingerprint density at radius 3 is 1.42 bits per heavy atom. The highest BCUT2D eigenvalue weighted by atomic mass is 16.7. The van der Waals surface area contributed by atoms with Gasteiger partial charge in [-0.25, -0.2) is 0 Å². The molecule has 0 aromatic carbocycles. The van der Waals surface area contributed by atoms with Gasteiger partial charge >= 0.3 is 0 Å². The Bertz CT molecular complexity index is 1300. The Morgan fingerprint density at radius 1 is 0.507 bits per heavy atom. The van der Waals surface area contributed by atoms with Crippen molar-refractivity contribution in [1.29, 1.82) is 0 Å². The van der Waals surface area contributed by atoms with Crippen LogP contribution in [0.25, 0.3) is 0 Å². The molecule has 2 heterocycles. The lowest BCUT2D eigenvalue weighted by Crippen LogP contribution is -2.65. The molecule has 0 aliphatic carbocycles. The van der Waals surface area contributed by atoms with E-state index in [1.807, 2.05) is 6.08 Å². The van der Waals surface area contributed by atoms with Gasteiger partial charge in [-0.05, 0) is 57.8 Å². The molecule has 2 rings (SSSR count). The van der Waals surface area contributed by atoms with Gasteiger partial charge in [-0.3, -0.25) is 4.79 Å². The van der Waals surface area contributed by atoms with E-state index in [-0.39, 0.29) is 18.9 Å². The number of ether oxygens (including phenoxy) is 4. The zero-order valence-electron chi connectivity index (χ0n) is 43.1. The van der Waals surface area contributed by atoms with Gasteiger partial charge in [0.15, 0.2) is 12.6 Å². The minimum Gasteiger partial charge on any atom is -0.394 e. The molecular weight excluding hydrogens is 883 g/mol. The van der Waals surface area contributed by atoms with Crippen LogP contribution in [0.4, 0.5) is 0 Å². The molecule has 1 amide bonds. The number of allylic oxidation sites excluding steroid dienone is 5. The number of unbranched alkanes of at least 4 members (excludes halogenated alkanes) is 26. The van der Waals surface area contributed by atoms with E-state index in [1.54, 1.807) is 6.08 Å². The maximum Gasteiger partial charge on any atom is 0.220 e. The fraction of sp³-hybridized carbons (Fsp3) is 0.873. The lowest BCUT2D eigenvalue weighted by Gasteiger charge is -2.46. The Labute approximate surface area is 417 Å². The predicted molar refractivity (Wildman–Crippen MR) is 272 cm³/mol. The van der Waals surface area contributed by atoms with Crippen molar-refractivity contribution >= 4 is 5.91 Å². The SMILES string of the molecule is CCCCCCC/C=C\CCCCCCCC(=O)NC(COC1OC(CO)C(OC2OC(CO)C(O)C(O)C2O)C(O)C1O)C(O)/C=C/CC/C=C/CCCCCCCCCCCCCCCCC. The maximum absolute atomic E-state index is 13.2. The summed E-state index contributed by atoms with van der Waals surface area (Å²) in [5, 5.41) is 86.9. The minimum absolute atomic E-state index is 0.258. The topological polar surface area (TPSA) is 228 Å². The minimum atomic E-state index is -1.79.